The number of fused-ring (bicyclic) bond motifs is 1. The van der Waals surface area contributed by atoms with Crippen LogP contribution in [0, 0.1) is 18.8 Å². The third-order valence-electron chi connectivity index (χ3n) is 4.17. The maximum absolute atomic E-state index is 12.3. The van der Waals surface area contributed by atoms with Crippen LogP contribution < -0.4 is 5.32 Å². The zero-order valence-electron chi connectivity index (χ0n) is 12.2. The van der Waals surface area contributed by atoms with Crippen LogP contribution in [0.2, 0.25) is 0 Å². The molecule has 1 aliphatic carbocycles. The number of nitrogens with zero attached hydrogens (tertiary/aromatic N) is 2. The van der Waals surface area contributed by atoms with Gasteiger partial charge in [-0.2, -0.15) is 0 Å². The lowest BCUT2D eigenvalue weighted by molar-refractivity contribution is -0.143. The van der Waals surface area contributed by atoms with Crippen LogP contribution in [0.5, 0.6) is 0 Å². The average Bonchev–Trinajstić information content (AvgIpc) is 2.88. The van der Waals surface area contributed by atoms with Gasteiger partial charge in [0.1, 0.15) is 0 Å². The van der Waals surface area contributed by atoms with E-state index in [4.69, 9.17) is 9.63 Å². The van der Waals surface area contributed by atoms with Gasteiger partial charge in [-0.3, -0.25) is 9.59 Å². The highest BCUT2D eigenvalue weighted by atomic mass is 16.5. The number of carbonyl (C=O) groups is 2. The Kier molecular flexibility index (Phi) is 3.79. The minimum atomic E-state index is -0.819. The molecule has 2 aromatic rings. The SMILES string of the molecule is Cc1noc2ncc(NC(=O)C3CCCC(C(=O)O)C3)cc12. The van der Waals surface area contributed by atoms with Gasteiger partial charge >= 0.3 is 5.97 Å². The summed E-state index contributed by atoms with van der Waals surface area (Å²) in [5.41, 5.74) is 1.71. The molecule has 0 radical (unpaired) electrons. The molecular weight excluding hydrogens is 286 g/mol. The highest BCUT2D eigenvalue weighted by Crippen LogP contribution is 2.30. The van der Waals surface area contributed by atoms with E-state index in [2.05, 4.69) is 15.5 Å². The summed E-state index contributed by atoms with van der Waals surface area (Å²) in [5.74, 6) is -1.67. The molecule has 2 heterocycles. The van der Waals surface area contributed by atoms with E-state index in [0.29, 0.717) is 29.9 Å². The zero-order chi connectivity index (χ0) is 15.7. The molecule has 1 fully saturated rings. The first-order valence-corrected chi connectivity index (χ1v) is 7.30. The van der Waals surface area contributed by atoms with E-state index in [1.54, 1.807) is 13.0 Å². The molecule has 1 amide bonds. The second-order valence-electron chi connectivity index (χ2n) is 5.73. The summed E-state index contributed by atoms with van der Waals surface area (Å²) in [6.07, 6.45) is 4.03. The number of rotatable bonds is 3. The van der Waals surface area contributed by atoms with Crippen molar-refractivity contribution in [3.05, 3.63) is 18.0 Å². The molecule has 2 atom stereocenters. The Bertz CT molecular complexity index is 725. The Balaban J connectivity index is 1.72. The number of hydrogen-bond acceptors (Lipinski definition) is 5. The predicted molar refractivity (Wildman–Crippen MR) is 78.3 cm³/mol. The quantitative estimate of drug-likeness (QED) is 0.901. The highest BCUT2D eigenvalue weighted by Gasteiger charge is 2.31. The standard InChI is InChI=1S/C15H17N3O4/c1-8-12-6-11(7-16-14(12)22-18-8)17-13(19)9-3-2-4-10(5-9)15(20)21/h6-7,9-10H,2-5H2,1H3,(H,17,19)(H,20,21). The number of amides is 1. The Morgan fingerprint density at radius 1 is 1.36 bits per heavy atom. The maximum atomic E-state index is 12.3. The first-order chi connectivity index (χ1) is 10.5. The first-order valence-electron chi connectivity index (χ1n) is 7.30. The molecule has 0 aliphatic heterocycles. The van der Waals surface area contributed by atoms with Gasteiger partial charge in [0.25, 0.3) is 5.71 Å². The number of pyridine rings is 1. The first kappa shape index (κ1) is 14.5. The average molecular weight is 303 g/mol. The number of anilines is 1. The number of carbonyl (C=O) groups excluding carboxylic acids is 1. The van der Waals surface area contributed by atoms with E-state index in [9.17, 15) is 9.59 Å². The largest absolute Gasteiger partial charge is 0.481 e. The van der Waals surface area contributed by atoms with Gasteiger partial charge in [0.05, 0.1) is 28.9 Å². The Labute approximate surface area is 126 Å². The molecule has 2 aromatic heterocycles. The molecule has 1 saturated carbocycles. The van der Waals surface area contributed by atoms with Gasteiger partial charge in [0.2, 0.25) is 5.91 Å². The summed E-state index contributed by atoms with van der Waals surface area (Å²) >= 11 is 0. The van der Waals surface area contributed by atoms with E-state index >= 15 is 0 Å². The number of carboxylic acid groups (broad SMARTS) is 1. The van der Waals surface area contributed by atoms with Crippen molar-refractivity contribution in [2.24, 2.45) is 11.8 Å². The molecule has 0 aromatic carbocycles. The maximum Gasteiger partial charge on any atom is 0.306 e. The zero-order valence-corrected chi connectivity index (χ0v) is 12.2. The van der Waals surface area contributed by atoms with Crippen LogP contribution in [0.15, 0.2) is 16.8 Å². The third-order valence-corrected chi connectivity index (χ3v) is 4.17. The van der Waals surface area contributed by atoms with Crippen molar-refractivity contribution in [1.29, 1.82) is 0 Å². The van der Waals surface area contributed by atoms with Crippen molar-refractivity contribution in [1.82, 2.24) is 10.1 Å². The van der Waals surface area contributed by atoms with Gasteiger partial charge in [-0.05, 0) is 32.3 Å². The van der Waals surface area contributed by atoms with Gasteiger partial charge < -0.3 is 14.9 Å². The van der Waals surface area contributed by atoms with Gasteiger partial charge in [-0.15, -0.1) is 0 Å². The highest BCUT2D eigenvalue weighted by molar-refractivity contribution is 5.94. The molecule has 7 nitrogen and oxygen atoms in total. The second-order valence-corrected chi connectivity index (χ2v) is 5.73. The summed E-state index contributed by atoms with van der Waals surface area (Å²) in [6, 6.07) is 1.77. The summed E-state index contributed by atoms with van der Waals surface area (Å²) < 4.78 is 5.03. The molecule has 7 heteroatoms. The Hall–Kier alpha value is -2.44. The number of aromatic nitrogens is 2. The minimum absolute atomic E-state index is 0.152. The van der Waals surface area contributed by atoms with E-state index in [0.717, 1.165) is 18.2 Å². The molecule has 1 aliphatic rings. The Morgan fingerprint density at radius 2 is 2.14 bits per heavy atom. The van der Waals surface area contributed by atoms with E-state index in [1.807, 2.05) is 0 Å². The topological polar surface area (TPSA) is 105 Å². The summed E-state index contributed by atoms with van der Waals surface area (Å²) in [5, 5.41) is 16.5. The summed E-state index contributed by atoms with van der Waals surface area (Å²) in [7, 11) is 0. The normalized spacial score (nSPS) is 21.7. The monoisotopic (exact) mass is 303 g/mol. The fourth-order valence-electron chi connectivity index (χ4n) is 2.91. The number of nitrogens with one attached hydrogen (secondary N) is 1. The number of hydrogen-bond donors (Lipinski definition) is 2. The Morgan fingerprint density at radius 3 is 2.91 bits per heavy atom. The van der Waals surface area contributed by atoms with Gasteiger partial charge in [0.15, 0.2) is 0 Å². The molecule has 3 rings (SSSR count). The van der Waals surface area contributed by atoms with Gasteiger partial charge in [-0.1, -0.05) is 11.6 Å². The number of carboxylic acids is 1. The van der Waals surface area contributed by atoms with E-state index in [1.165, 1.54) is 6.20 Å². The lowest BCUT2D eigenvalue weighted by Gasteiger charge is -2.25. The summed E-state index contributed by atoms with van der Waals surface area (Å²) in [4.78, 5) is 27.5. The molecule has 22 heavy (non-hydrogen) atoms. The smallest absolute Gasteiger partial charge is 0.306 e. The van der Waals surface area contributed by atoms with Crippen LogP contribution >= 0.6 is 0 Å². The lowest BCUT2D eigenvalue weighted by atomic mass is 9.81. The van der Waals surface area contributed by atoms with Crippen LogP contribution in [0.1, 0.15) is 31.4 Å². The van der Waals surface area contributed by atoms with Gasteiger partial charge in [-0.25, -0.2) is 4.98 Å². The molecule has 0 spiro atoms. The molecule has 0 bridgehead atoms. The fourth-order valence-corrected chi connectivity index (χ4v) is 2.91. The van der Waals surface area contributed by atoms with Crippen LogP contribution in [-0.4, -0.2) is 27.1 Å². The number of aryl methyl sites for hydroxylation is 1. The molecule has 2 unspecified atom stereocenters. The molecule has 2 N–H and O–H groups in total. The van der Waals surface area contributed by atoms with Crippen LogP contribution in [0.4, 0.5) is 5.69 Å². The van der Waals surface area contributed by atoms with Crippen molar-refractivity contribution >= 4 is 28.7 Å². The van der Waals surface area contributed by atoms with Crippen LogP contribution in [0.25, 0.3) is 11.1 Å². The molecule has 116 valence electrons. The van der Waals surface area contributed by atoms with E-state index < -0.39 is 11.9 Å². The van der Waals surface area contributed by atoms with Crippen molar-refractivity contribution in [2.75, 3.05) is 5.32 Å². The van der Waals surface area contributed by atoms with Crippen molar-refractivity contribution in [3.8, 4) is 0 Å². The third kappa shape index (κ3) is 2.79. The molecule has 0 saturated heterocycles. The molecular formula is C15H17N3O4. The van der Waals surface area contributed by atoms with Crippen molar-refractivity contribution < 1.29 is 19.2 Å². The minimum Gasteiger partial charge on any atom is -0.481 e. The van der Waals surface area contributed by atoms with Crippen LogP contribution in [-0.2, 0) is 9.59 Å². The summed E-state index contributed by atoms with van der Waals surface area (Å²) in [6.45, 7) is 1.80. The van der Waals surface area contributed by atoms with E-state index in [-0.39, 0.29) is 11.8 Å². The number of aliphatic carboxylic acids is 1. The van der Waals surface area contributed by atoms with Crippen LogP contribution in [0.3, 0.4) is 0 Å². The second kappa shape index (κ2) is 5.75. The fraction of sp³-hybridized carbons (Fsp3) is 0.467. The lowest BCUT2D eigenvalue weighted by Crippen LogP contribution is -2.30. The van der Waals surface area contributed by atoms with Crippen molar-refractivity contribution in [2.45, 2.75) is 32.6 Å². The van der Waals surface area contributed by atoms with Crippen molar-refractivity contribution in [3.63, 3.8) is 0 Å². The van der Waals surface area contributed by atoms with Gasteiger partial charge in [0, 0.05) is 5.92 Å². The predicted octanol–water partition coefficient (Wildman–Crippen LogP) is 2.36.